The third-order valence-electron chi connectivity index (χ3n) is 3.05. The highest BCUT2D eigenvalue weighted by Crippen LogP contribution is 2.04. The molecule has 0 atom stereocenters. The molecule has 0 rings (SSSR count). The predicted molar refractivity (Wildman–Crippen MR) is 73.7 cm³/mol. The van der Waals surface area contributed by atoms with Crippen molar-refractivity contribution in [3.8, 4) is 0 Å². The van der Waals surface area contributed by atoms with Gasteiger partial charge in [-0.25, -0.2) is 0 Å². The molecule has 0 saturated carbocycles. The van der Waals surface area contributed by atoms with E-state index in [1.165, 1.54) is 39.2 Å². The number of nitrogens with zero attached hydrogens (tertiary/aromatic N) is 1. The second kappa shape index (κ2) is 12.8. The number of rotatable bonds is 12. The van der Waals surface area contributed by atoms with Crippen LogP contribution in [0, 0.1) is 0 Å². The minimum atomic E-state index is -0.136. The van der Waals surface area contributed by atoms with Crippen LogP contribution in [0.1, 0.15) is 45.4 Å². The lowest BCUT2D eigenvalue weighted by molar-refractivity contribution is -0.141. The summed E-state index contributed by atoms with van der Waals surface area (Å²) >= 11 is 0. The molecule has 0 aromatic rings. The molecule has 0 amide bonds. The van der Waals surface area contributed by atoms with Crippen LogP contribution in [0.5, 0.6) is 0 Å². The lowest BCUT2D eigenvalue weighted by atomic mass is 10.1. The Morgan fingerprint density at radius 1 is 1.00 bits per heavy atom. The van der Waals surface area contributed by atoms with E-state index in [1.807, 2.05) is 0 Å². The van der Waals surface area contributed by atoms with Gasteiger partial charge >= 0.3 is 5.97 Å². The van der Waals surface area contributed by atoms with Crippen LogP contribution in [0.15, 0.2) is 0 Å². The maximum atomic E-state index is 11.1. The third-order valence-corrected chi connectivity index (χ3v) is 3.05. The van der Waals surface area contributed by atoms with Gasteiger partial charge in [-0.2, -0.15) is 0 Å². The minimum absolute atomic E-state index is 0.136. The van der Waals surface area contributed by atoms with E-state index in [4.69, 9.17) is 4.74 Å². The van der Waals surface area contributed by atoms with Crippen LogP contribution >= 0.6 is 0 Å². The normalized spacial score (nSPS) is 10.9. The van der Waals surface area contributed by atoms with Crippen molar-refractivity contribution < 1.29 is 14.3 Å². The SMILES string of the molecule is CCCCCCCN(CCOC)CCC(=O)OC. The number of hydrogen-bond donors (Lipinski definition) is 0. The highest BCUT2D eigenvalue weighted by atomic mass is 16.5. The van der Waals surface area contributed by atoms with Crippen molar-refractivity contribution in [1.29, 1.82) is 0 Å². The van der Waals surface area contributed by atoms with Gasteiger partial charge in [0.05, 0.1) is 20.1 Å². The van der Waals surface area contributed by atoms with Crippen LogP contribution in [-0.4, -0.2) is 51.3 Å². The summed E-state index contributed by atoms with van der Waals surface area (Å²) < 4.78 is 9.76. The van der Waals surface area contributed by atoms with Crippen LogP contribution in [0.4, 0.5) is 0 Å². The largest absolute Gasteiger partial charge is 0.469 e. The highest BCUT2D eigenvalue weighted by molar-refractivity contribution is 5.69. The number of unbranched alkanes of at least 4 members (excludes halogenated alkanes) is 4. The van der Waals surface area contributed by atoms with Crippen LogP contribution in [0.2, 0.25) is 0 Å². The standard InChI is InChI=1S/C14H29NO3/c1-4-5-6-7-8-10-15(12-13-17-2)11-9-14(16)18-3/h4-13H2,1-3H3. The zero-order valence-electron chi connectivity index (χ0n) is 12.2. The van der Waals surface area contributed by atoms with Gasteiger partial charge in [0.25, 0.3) is 0 Å². The molecule has 0 aliphatic heterocycles. The first-order valence-electron chi connectivity index (χ1n) is 7.02. The molecule has 108 valence electrons. The fraction of sp³-hybridized carbons (Fsp3) is 0.929. The first-order chi connectivity index (χ1) is 8.74. The molecular formula is C14H29NO3. The number of carbonyl (C=O) groups is 1. The van der Waals surface area contributed by atoms with Crippen molar-refractivity contribution in [3.05, 3.63) is 0 Å². The zero-order chi connectivity index (χ0) is 13.6. The van der Waals surface area contributed by atoms with Crippen molar-refractivity contribution in [1.82, 2.24) is 4.90 Å². The predicted octanol–water partition coefficient (Wildman–Crippen LogP) is 2.47. The molecule has 0 bridgehead atoms. The molecule has 0 aliphatic rings. The van der Waals surface area contributed by atoms with Crippen LogP contribution < -0.4 is 0 Å². The first kappa shape index (κ1) is 17.4. The summed E-state index contributed by atoms with van der Waals surface area (Å²) in [7, 11) is 3.15. The summed E-state index contributed by atoms with van der Waals surface area (Å²) in [6, 6.07) is 0. The second-order valence-corrected chi connectivity index (χ2v) is 4.57. The lowest BCUT2D eigenvalue weighted by Crippen LogP contribution is -2.31. The molecule has 0 saturated heterocycles. The molecule has 0 radical (unpaired) electrons. The van der Waals surface area contributed by atoms with E-state index in [2.05, 4.69) is 16.6 Å². The molecule has 18 heavy (non-hydrogen) atoms. The van der Waals surface area contributed by atoms with Crippen LogP contribution in [-0.2, 0) is 14.3 Å². The monoisotopic (exact) mass is 259 g/mol. The maximum absolute atomic E-state index is 11.1. The molecule has 0 unspecified atom stereocenters. The van der Waals surface area contributed by atoms with Gasteiger partial charge in [-0.3, -0.25) is 4.79 Å². The average molecular weight is 259 g/mol. The van der Waals surface area contributed by atoms with E-state index >= 15 is 0 Å². The van der Waals surface area contributed by atoms with E-state index in [9.17, 15) is 4.79 Å². The fourth-order valence-corrected chi connectivity index (χ4v) is 1.85. The summed E-state index contributed by atoms with van der Waals surface area (Å²) in [5.74, 6) is -0.136. The second-order valence-electron chi connectivity index (χ2n) is 4.57. The maximum Gasteiger partial charge on any atom is 0.306 e. The average Bonchev–Trinajstić information content (AvgIpc) is 2.40. The Labute approximate surface area is 112 Å². The highest BCUT2D eigenvalue weighted by Gasteiger charge is 2.07. The van der Waals surface area contributed by atoms with Crippen LogP contribution in [0.3, 0.4) is 0 Å². The Bertz CT molecular complexity index is 197. The van der Waals surface area contributed by atoms with Gasteiger partial charge in [0.15, 0.2) is 0 Å². The lowest BCUT2D eigenvalue weighted by Gasteiger charge is -2.21. The van der Waals surface area contributed by atoms with Gasteiger partial charge in [-0.1, -0.05) is 32.6 Å². The number of ether oxygens (including phenoxy) is 2. The van der Waals surface area contributed by atoms with Gasteiger partial charge in [0.2, 0.25) is 0 Å². The van der Waals surface area contributed by atoms with Crippen molar-refractivity contribution in [3.63, 3.8) is 0 Å². The fourth-order valence-electron chi connectivity index (χ4n) is 1.85. The third kappa shape index (κ3) is 10.5. The first-order valence-corrected chi connectivity index (χ1v) is 7.02. The van der Waals surface area contributed by atoms with Gasteiger partial charge in [-0.05, 0) is 13.0 Å². The summed E-state index contributed by atoms with van der Waals surface area (Å²) in [6.45, 7) is 5.65. The molecule has 0 aromatic carbocycles. The molecule has 0 N–H and O–H groups in total. The van der Waals surface area contributed by atoms with E-state index in [-0.39, 0.29) is 5.97 Å². The number of methoxy groups -OCH3 is 2. The van der Waals surface area contributed by atoms with Crippen molar-refractivity contribution in [2.75, 3.05) is 40.5 Å². The summed E-state index contributed by atoms with van der Waals surface area (Å²) in [4.78, 5) is 13.4. The molecule has 0 aliphatic carbocycles. The van der Waals surface area contributed by atoms with Gasteiger partial charge in [-0.15, -0.1) is 0 Å². The van der Waals surface area contributed by atoms with Crippen molar-refractivity contribution in [2.45, 2.75) is 45.4 Å². The Kier molecular flexibility index (Phi) is 12.4. The summed E-state index contributed by atoms with van der Waals surface area (Å²) in [6.07, 6.45) is 6.84. The molecule has 4 heteroatoms. The number of esters is 1. The van der Waals surface area contributed by atoms with E-state index < -0.39 is 0 Å². The van der Waals surface area contributed by atoms with Crippen molar-refractivity contribution >= 4 is 5.97 Å². The number of carbonyl (C=O) groups excluding carboxylic acids is 1. The summed E-state index contributed by atoms with van der Waals surface area (Å²) in [5.41, 5.74) is 0. The van der Waals surface area contributed by atoms with Crippen molar-refractivity contribution in [2.24, 2.45) is 0 Å². The van der Waals surface area contributed by atoms with Gasteiger partial charge < -0.3 is 14.4 Å². The Morgan fingerprint density at radius 3 is 2.33 bits per heavy atom. The van der Waals surface area contributed by atoms with E-state index in [0.29, 0.717) is 6.42 Å². The smallest absolute Gasteiger partial charge is 0.306 e. The summed E-state index contributed by atoms with van der Waals surface area (Å²) in [5, 5.41) is 0. The molecule has 0 spiro atoms. The van der Waals surface area contributed by atoms with E-state index in [0.717, 1.165) is 26.2 Å². The number of hydrogen-bond acceptors (Lipinski definition) is 4. The minimum Gasteiger partial charge on any atom is -0.469 e. The van der Waals surface area contributed by atoms with Crippen LogP contribution in [0.25, 0.3) is 0 Å². The molecule has 0 aromatic heterocycles. The molecular weight excluding hydrogens is 230 g/mol. The Morgan fingerprint density at radius 2 is 1.72 bits per heavy atom. The molecule has 0 heterocycles. The zero-order valence-corrected chi connectivity index (χ0v) is 12.2. The molecule has 0 fully saturated rings. The topological polar surface area (TPSA) is 38.8 Å². The van der Waals surface area contributed by atoms with Gasteiger partial charge in [0.1, 0.15) is 0 Å². The Hall–Kier alpha value is -0.610. The quantitative estimate of drug-likeness (QED) is 0.399. The van der Waals surface area contributed by atoms with Gasteiger partial charge in [0, 0.05) is 20.2 Å². The molecule has 4 nitrogen and oxygen atoms in total. The van der Waals surface area contributed by atoms with E-state index in [1.54, 1.807) is 7.11 Å². The Balaban J connectivity index is 3.72.